The Balaban J connectivity index is 1.65. The van der Waals surface area contributed by atoms with E-state index in [2.05, 4.69) is 34.1 Å². The van der Waals surface area contributed by atoms with E-state index in [9.17, 15) is 4.79 Å². The Kier molecular flexibility index (Phi) is 5.53. The van der Waals surface area contributed by atoms with E-state index in [1.54, 1.807) is 0 Å². The van der Waals surface area contributed by atoms with Crippen LogP contribution in [-0.2, 0) is 6.54 Å². The van der Waals surface area contributed by atoms with Gasteiger partial charge in [0.1, 0.15) is 11.6 Å². The number of aromatic nitrogens is 1. The molecule has 2 heterocycles. The van der Waals surface area contributed by atoms with Gasteiger partial charge in [0.15, 0.2) is 0 Å². The van der Waals surface area contributed by atoms with Crippen LogP contribution in [0.1, 0.15) is 47.2 Å². The Labute approximate surface area is 188 Å². The molecule has 6 nitrogen and oxygen atoms in total. The van der Waals surface area contributed by atoms with Gasteiger partial charge in [-0.15, -0.1) is 0 Å². The molecule has 0 saturated heterocycles. The first-order valence-electron chi connectivity index (χ1n) is 11.4. The van der Waals surface area contributed by atoms with E-state index in [4.69, 9.17) is 10.7 Å². The van der Waals surface area contributed by atoms with Crippen molar-refractivity contribution < 1.29 is 4.79 Å². The summed E-state index contributed by atoms with van der Waals surface area (Å²) in [5, 5.41) is 10.1. The number of amides is 1. The normalized spacial score (nSPS) is 19.9. The molecule has 1 saturated carbocycles. The molecule has 5 N–H and O–H groups in total. The van der Waals surface area contributed by atoms with Gasteiger partial charge in [0, 0.05) is 29.9 Å². The number of aryl methyl sites for hydroxylation is 1. The zero-order chi connectivity index (χ0) is 22.1. The van der Waals surface area contributed by atoms with Gasteiger partial charge >= 0.3 is 0 Å². The summed E-state index contributed by atoms with van der Waals surface area (Å²) < 4.78 is 0. The molecule has 0 spiro atoms. The second kappa shape index (κ2) is 8.63. The average Bonchev–Trinajstić information content (AvgIpc) is 3.18. The molecule has 0 radical (unpaired) electrons. The molecule has 2 aromatic carbocycles. The van der Waals surface area contributed by atoms with Gasteiger partial charge in [-0.25, -0.2) is 4.98 Å². The summed E-state index contributed by atoms with van der Waals surface area (Å²) in [6, 6.07) is 18.5. The molecule has 2 aliphatic rings. The Morgan fingerprint density at radius 2 is 1.81 bits per heavy atom. The van der Waals surface area contributed by atoms with Gasteiger partial charge in [0.05, 0.1) is 5.56 Å². The largest absolute Gasteiger partial charge is 0.365 e. The number of fused-ring (bicyclic) bond motifs is 1. The van der Waals surface area contributed by atoms with Crippen LogP contribution < -0.4 is 21.7 Å². The molecule has 1 aliphatic heterocycles. The van der Waals surface area contributed by atoms with Crippen LogP contribution in [0.4, 0.5) is 17.3 Å². The smallest absolute Gasteiger partial charge is 0.255 e. The van der Waals surface area contributed by atoms with E-state index in [0.717, 1.165) is 53.0 Å². The van der Waals surface area contributed by atoms with Gasteiger partial charge in [-0.3, -0.25) is 4.79 Å². The van der Waals surface area contributed by atoms with Crippen LogP contribution in [0.25, 0.3) is 11.1 Å². The highest BCUT2D eigenvalue weighted by atomic mass is 16.1. The monoisotopic (exact) mass is 427 g/mol. The summed E-state index contributed by atoms with van der Waals surface area (Å²) in [6.45, 7) is 2.53. The number of carbonyl (C=O) groups is 1. The average molecular weight is 428 g/mol. The number of nitrogens with zero attached hydrogens (tertiary/aromatic N) is 1. The maximum Gasteiger partial charge on any atom is 0.255 e. The van der Waals surface area contributed by atoms with Gasteiger partial charge in [-0.05, 0) is 48.6 Å². The molecular weight excluding hydrogens is 398 g/mol. The fraction of sp³-hybridized carbons (Fsp3) is 0.308. The van der Waals surface area contributed by atoms with Gasteiger partial charge in [0.25, 0.3) is 5.91 Å². The highest BCUT2D eigenvalue weighted by Crippen LogP contribution is 2.39. The van der Waals surface area contributed by atoms with Crippen molar-refractivity contribution in [3.8, 4) is 11.1 Å². The third-order valence-electron chi connectivity index (χ3n) is 6.44. The summed E-state index contributed by atoms with van der Waals surface area (Å²) in [5.74, 6) is 1.26. The van der Waals surface area contributed by atoms with E-state index in [1.807, 2.05) is 43.3 Å². The van der Waals surface area contributed by atoms with Crippen LogP contribution >= 0.6 is 0 Å². The molecule has 0 bridgehead atoms. The molecule has 1 amide bonds. The highest BCUT2D eigenvalue weighted by Gasteiger charge is 2.31. The fourth-order valence-corrected chi connectivity index (χ4v) is 4.80. The molecule has 6 heteroatoms. The summed E-state index contributed by atoms with van der Waals surface area (Å²) >= 11 is 0. The zero-order valence-electron chi connectivity index (χ0n) is 18.3. The maximum atomic E-state index is 12.8. The second-order valence-corrected chi connectivity index (χ2v) is 8.78. The van der Waals surface area contributed by atoms with Crippen LogP contribution in [0.2, 0.25) is 0 Å². The molecule has 1 aromatic heterocycles. The van der Waals surface area contributed by atoms with Gasteiger partial charge in [-0.1, -0.05) is 55.3 Å². The first-order chi connectivity index (χ1) is 15.6. The lowest BCUT2D eigenvalue weighted by atomic mass is 9.90. The second-order valence-electron chi connectivity index (χ2n) is 8.78. The van der Waals surface area contributed by atoms with Crippen molar-refractivity contribution in [2.45, 2.75) is 51.2 Å². The van der Waals surface area contributed by atoms with Gasteiger partial charge < -0.3 is 21.7 Å². The highest BCUT2D eigenvalue weighted by molar-refractivity contribution is 6.06. The van der Waals surface area contributed by atoms with Crippen LogP contribution in [-0.4, -0.2) is 23.0 Å². The minimum atomic E-state index is -0.0965. The minimum Gasteiger partial charge on any atom is -0.365 e. The quantitative estimate of drug-likeness (QED) is 0.473. The van der Waals surface area contributed by atoms with E-state index in [-0.39, 0.29) is 18.0 Å². The minimum absolute atomic E-state index is 0.0929. The predicted molar refractivity (Wildman–Crippen MR) is 129 cm³/mol. The Morgan fingerprint density at radius 3 is 2.59 bits per heavy atom. The molecule has 164 valence electrons. The van der Waals surface area contributed by atoms with Crippen LogP contribution in [0.5, 0.6) is 0 Å². The van der Waals surface area contributed by atoms with Crippen LogP contribution in [0.15, 0.2) is 54.6 Å². The summed E-state index contributed by atoms with van der Waals surface area (Å²) in [5.41, 5.74) is 12.1. The predicted octanol–water partition coefficient (Wildman–Crippen LogP) is 4.73. The lowest BCUT2D eigenvalue weighted by Crippen LogP contribution is -2.43. The standard InChI is InChI=1S/C26H29N5O/c1-16-8-7-11-18(14-16)29-25-23-19(15-28-26(23)32)22(17-9-3-2-4-10-17)24(31-25)30-21-13-6-5-12-20(21)27/h2-4,7-11,14,20-21H,5-6,12-13,15,27H2,1H3,(H,28,32)(H2,29,30,31)/t20-,21+/m0/s1. The van der Waals surface area contributed by atoms with Crippen molar-refractivity contribution in [2.75, 3.05) is 10.6 Å². The number of rotatable bonds is 5. The van der Waals surface area contributed by atoms with Crippen molar-refractivity contribution in [3.63, 3.8) is 0 Å². The van der Waals surface area contributed by atoms with Crippen LogP contribution in [0.3, 0.4) is 0 Å². The third-order valence-corrected chi connectivity index (χ3v) is 6.44. The van der Waals surface area contributed by atoms with Crippen molar-refractivity contribution >= 4 is 23.2 Å². The molecular formula is C26H29N5O. The fourth-order valence-electron chi connectivity index (χ4n) is 4.80. The number of hydrogen-bond donors (Lipinski definition) is 4. The lowest BCUT2D eigenvalue weighted by molar-refractivity contribution is 0.0966. The molecule has 5 rings (SSSR count). The van der Waals surface area contributed by atoms with E-state index >= 15 is 0 Å². The molecule has 3 aromatic rings. The third kappa shape index (κ3) is 3.94. The van der Waals surface area contributed by atoms with Crippen molar-refractivity contribution in [1.29, 1.82) is 0 Å². The topological polar surface area (TPSA) is 92.1 Å². The van der Waals surface area contributed by atoms with E-state index in [1.165, 1.54) is 6.42 Å². The number of anilines is 3. The molecule has 1 aliphatic carbocycles. The van der Waals surface area contributed by atoms with E-state index < -0.39 is 0 Å². The Morgan fingerprint density at radius 1 is 1.00 bits per heavy atom. The number of carbonyl (C=O) groups excluding carboxylic acids is 1. The van der Waals surface area contributed by atoms with Crippen molar-refractivity contribution in [2.24, 2.45) is 5.73 Å². The molecule has 2 atom stereocenters. The van der Waals surface area contributed by atoms with Crippen molar-refractivity contribution in [3.05, 3.63) is 71.3 Å². The Hall–Kier alpha value is -3.38. The summed E-state index contributed by atoms with van der Waals surface area (Å²) in [7, 11) is 0. The van der Waals surface area contributed by atoms with Gasteiger partial charge in [0.2, 0.25) is 0 Å². The maximum absolute atomic E-state index is 12.8. The number of hydrogen-bond acceptors (Lipinski definition) is 5. The summed E-state index contributed by atoms with van der Waals surface area (Å²) in [6.07, 6.45) is 4.36. The number of pyridine rings is 1. The lowest BCUT2D eigenvalue weighted by Gasteiger charge is -2.31. The van der Waals surface area contributed by atoms with Crippen molar-refractivity contribution in [1.82, 2.24) is 10.3 Å². The SMILES string of the molecule is Cc1cccc(Nc2nc(N[C@@H]3CCCC[C@@H]3N)c(-c3ccccc3)c3c2C(=O)NC3)c1. The zero-order valence-corrected chi connectivity index (χ0v) is 18.3. The van der Waals surface area contributed by atoms with E-state index in [0.29, 0.717) is 17.9 Å². The molecule has 0 unspecified atom stereocenters. The Bertz CT molecular complexity index is 1140. The molecule has 1 fully saturated rings. The number of nitrogens with two attached hydrogens (primary N) is 1. The van der Waals surface area contributed by atoms with Crippen LogP contribution in [0, 0.1) is 6.92 Å². The van der Waals surface area contributed by atoms with Gasteiger partial charge in [-0.2, -0.15) is 0 Å². The number of nitrogens with one attached hydrogen (secondary N) is 3. The number of benzene rings is 2. The summed E-state index contributed by atoms with van der Waals surface area (Å²) in [4.78, 5) is 17.8. The first-order valence-corrected chi connectivity index (χ1v) is 11.4. The first kappa shape index (κ1) is 20.5. The molecule has 32 heavy (non-hydrogen) atoms.